The van der Waals surface area contributed by atoms with Gasteiger partial charge in [-0.25, -0.2) is 4.68 Å². The minimum Gasteiger partial charge on any atom is -0.307 e. The lowest BCUT2D eigenvalue weighted by Crippen LogP contribution is -2.16. The molecule has 1 amide bonds. The van der Waals surface area contributed by atoms with Crippen LogP contribution in [0.2, 0.25) is 0 Å². The Morgan fingerprint density at radius 1 is 1.04 bits per heavy atom. The first-order valence-corrected chi connectivity index (χ1v) is 7.57. The number of amides is 1. The Hall–Kier alpha value is -2.88. The van der Waals surface area contributed by atoms with E-state index in [2.05, 4.69) is 35.5 Å². The standard InChI is InChI=1S/C19H19N3O/c1-14-6-8-17(9-7-14)19(23)21-18-10-11-20-22(18)13-16-5-3-4-15(2)12-16/h3-12H,13H2,1-2H3,(H,21,23). The van der Waals surface area contributed by atoms with Gasteiger partial charge in [-0.1, -0.05) is 47.5 Å². The van der Waals surface area contributed by atoms with E-state index in [1.165, 1.54) is 5.56 Å². The summed E-state index contributed by atoms with van der Waals surface area (Å²) in [6.45, 7) is 4.68. The number of nitrogens with zero attached hydrogens (tertiary/aromatic N) is 2. The van der Waals surface area contributed by atoms with Crippen LogP contribution in [0.3, 0.4) is 0 Å². The Balaban J connectivity index is 1.75. The molecule has 2 aromatic carbocycles. The monoisotopic (exact) mass is 305 g/mol. The number of carbonyl (C=O) groups excluding carboxylic acids is 1. The predicted octanol–water partition coefficient (Wildman–Crippen LogP) is 3.80. The van der Waals surface area contributed by atoms with E-state index < -0.39 is 0 Å². The maximum Gasteiger partial charge on any atom is 0.256 e. The van der Waals surface area contributed by atoms with Gasteiger partial charge >= 0.3 is 0 Å². The minimum atomic E-state index is -0.129. The Morgan fingerprint density at radius 2 is 1.83 bits per heavy atom. The normalized spacial score (nSPS) is 10.5. The highest BCUT2D eigenvalue weighted by Crippen LogP contribution is 2.13. The zero-order valence-electron chi connectivity index (χ0n) is 13.3. The lowest BCUT2D eigenvalue weighted by molar-refractivity contribution is 0.102. The SMILES string of the molecule is Cc1ccc(C(=O)Nc2ccnn2Cc2cccc(C)c2)cc1. The fourth-order valence-electron chi connectivity index (χ4n) is 2.44. The Morgan fingerprint density at radius 3 is 2.57 bits per heavy atom. The van der Waals surface area contributed by atoms with Crippen LogP contribution in [0, 0.1) is 13.8 Å². The summed E-state index contributed by atoms with van der Waals surface area (Å²) < 4.78 is 1.79. The average Bonchev–Trinajstić information content (AvgIpc) is 2.95. The van der Waals surface area contributed by atoms with Crippen molar-refractivity contribution in [2.24, 2.45) is 0 Å². The van der Waals surface area contributed by atoms with Crippen LogP contribution in [0.1, 0.15) is 27.0 Å². The third-order valence-corrected chi connectivity index (χ3v) is 3.69. The molecule has 0 aliphatic carbocycles. The first kappa shape index (κ1) is 15.0. The largest absolute Gasteiger partial charge is 0.307 e. The molecule has 0 saturated heterocycles. The summed E-state index contributed by atoms with van der Waals surface area (Å²) in [5.74, 6) is 0.563. The summed E-state index contributed by atoms with van der Waals surface area (Å²) in [7, 11) is 0. The van der Waals surface area contributed by atoms with Crippen LogP contribution in [0.4, 0.5) is 5.82 Å². The molecule has 0 aliphatic heterocycles. The topological polar surface area (TPSA) is 46.9 Å². The summed E-state index contributed by atoms with van der Waals surface area (Å²) >= 11 is 0. The molecule has 23 heavy (non-hydrogen) atoms. The quantitative estimate of drug-likeness (QED) is 0.797. The highest BCUT2D eigenvalue weighted by atomic mass is 16.1. The fourth-order valence-corrected chi connectivity index (χ4v) is 2.44. The number of hydrogen-bond donors (Lipinski definition) is 1. The third kappa shape index (κ3) is 3.66. The number of hydrogen-bond acceptors (Lipinski definition) is 2. The van der Waals surface area contributed by atoms with Gasteiger partial charge in [-0.15, -0.1) is 0 Å². The number of nitrogens with one attached hydrogen (secondary N) is 1. The van der Waals surface area contributed by atoms with Gasteiger partial charge in [0.2, 0.25) is 0 Å². The van der Waals surface area contributed by atoms with Crippen molar-refractivity contribution in [2.45, 2.75) is 20.4 Å². The van der Waals surface area contributed by atoms with Gasteiger partial charge in [-0.2, -0.15) is 5.10 Å². The van der Waals surface area contributed by atoms with Crippen LogP contribution in [0.25, 0.3) is 0 Å². The third-order valence-electron chi connectivity index (χ3n) is 3.69. The van der Waals surface area contributed by atoms with Gasteiger partial charge in [0, 0.05) is 11.6 Å². The molecule has 1 aromatic heterocycles. The lowest BCUT2D eigenvalue weighted by Gasteiger charge is -2.10. The highest BCUT2D eigenvalue weighted by molar-refractivity contribution is 6.03. The first-order valence-electron chi connectivity index (χ1n) is 7.57. The number of anilines is 1. The summed E-state index contributed by atoms with van der Waals surface area (Å²) in [4.78, 5) is 12.3. The molecule has 1 heterocycles. The van der Waals surface area contributed by atoms with Gasteiger partial charge in [-0.05, 0) is 31.5 Å². The molecule has 0 fully saturated rings. The molecule has 3 rings (SSSR count). The predicted molar refractivity (Wildman–Crippen MR) is 91.6 cm³/mol. The van der Waals surface area contributed by atoms with E-state index in [9.17, 15) is 4.79 Å². The smallest absolute Gasteiger partial charge is 0.256 e. The van der Waals surface area contributed by atoms with Crippen molar-refractivity contribution in [1.82, 2.24) is 9.78 Å². The second kappa shape index (κ2) is 6.48. The molecular formula is C19H19N3O. The minimum absolute atomic E-state index is 0.129. The zero-order valence-corrected chi connectivity index (χ0v) is 13.3. The molecular weight excluding hydrogens is 286 g/mol. The van der Waals surface area contributed by atoms with E-state index in [0.717, 1.165) is 11.1 Å². The maximum absolute atomic E-state index is 12.3. The molecule has 1 N–H and O–H groups in total. The number of benzene rings is 2. The van der Waals surface area contributed by atoms with Gasteiger partial charge in [0.05, 0.1) is 12.7 Å². The van der Waals surface area contributed by atoms with Crippen LogP contribution in [-0.2, 0) is 6.54 Å². The zero-order chi connectivity index (χ0) is 16.2. The van der Waals surface area contributed by atoms with Crippen molar-refractivity contribution in [3.05, 3.63) is 83.0 Å². The summed E-state index contributed by atoms with van der Waals surface area (Å²) in [6.07, 6.45) is 1.69. The molecule has 0 unspecified atom stereocenters. The average molecular weight is 305 g/mol. The van der Waals surface area contributed by atoms with Gasteiger partial charge in [0.1, 0.15) is 5.82 Å². The summed E-state index contributed by atoms with van der Waals surface area (Å²) in [5, 5.41) is 7.23. The van der Waals surface area contributed by atoms with Gasteiger partial charge < -0.3 is 5.32 Å². The van der Waals surface area contributed by atoms with E-state index in [4.69, 9.17) is 0 Å². The maximum atomic E-state index is 12.3. The number of aromatic nitrogens is 2. The van der Waals surface area contributed by atoms with Crippen molar-refractivity contribution in [2.75, 3.05) is 5.32 Å². The molecule has 4 nitrogen and oxygen atoms in total. The van der Waals surface area contributed by atoms with Crippen LogP contribution in [0.5, 0.6) is 0 Å². The lowest BCUT2D eigenvalue weighted by atomic mass is 10.1. The van der Waals surface area contributed by atoms with Gasteiger partial charge in [0.15, 0.2) is 0 Å². The molecule has 0 bridgehead atoms. The van der Waals surface area contributed by atoms with E-state index in [1.54, 1.807) is 10.9 Å². The molecule has 0 radical (unpaired) electrons. The van der Waals surface area contributed by atoms with Crippen LogP contribution in [0.15, 0.2) is 60.8 Å². The van der Waals surface area contributed by atoms with Crippen molar-refractivity contribution >= 4 is 11.7 Å². The molecule has 116 valence electrons. The van der Waals surface area contributed by atoms with Crippen molar-refractivity contribution < 1.29 is 4.79 Å². The summed E-state index contributed by atoms with van der Waals surface area (Å²) in [6, 6.07) is 17.6. The Kier molecular flexibility index (Phi) is 4.24. The molecule has 3 aromatic rings. The second-order valence-electron chi connectivity index (χ2n) is 5.68. The number of aryl methyl sites for hydroxylation is 2. The highest BCUT2D eigenvalue weighted by Gasteiger charge is 2.09. The van der Waals surface area contributed by atoms with Gasteiger partial charge in [0.25, 0.3) is 5.91 Å². The second-order valence-corrected chi connectivity index (χ2v) is 5.68. The van der Waals surface area contributed by atoms with E-state index in [0.29, 0.717) is 17.9 Å². The number of rotatable bonds is 4. The van der Waals surface area contributed by atoms with Crippen LogP contribution >= 0.6 is 0 Å². The van der Waals surface area contributed by atoms with E-state index in [1.807, 2.05) is 43.3 Å². The molecule has 4 heteroatoms. The fraction of sp³-hybridized carbons (Fsp3) is 0.158. The van der Waals surface area contributed by atoms with Crippen molar-refractivity contribution in [1.29, 1.82) is 0 Å². The van der Waals surface area contributed by atoms with Gasteiger partial charge in [-0.3, -0.25) is 4.79 Å². The molecule has 0 saturated carbocycles. The molecule has 0 atom stereocenters. The Bertz CT molecular complexity index is 819. The summed E-state index contributed by atoms with van der Waals surface area (Å²) in [5.41, 5.74) is 4.13. The van der Waals surface area contributed by atoms with Crippen molar-refractivity contribution in [3.63, 3.8) is 0 Å². The first-order chi connectivity index (χ1) is 11.1. The number of carbonyl (C=O) groups is 1. The van der Waals surface area contributed by atoms with Crippen LogP contribution < -0.4 is 5.32 Å². The Labute approximate surface area is 135 Å². The molecule has 0 spiro atoms. The molecule has 0 aliphatic rings. The van der Waals surface area contributed by atoms with E-state index in [-0.39, 0.29) is 5.91 Å². The van der Waals surface area contributed by atoms with Crippen molar-refractivity contribution in [3.8, 4) is 0 Å². The van der Waals surface area contributed by atoms with Crippen LogP contribution in [-0.4, -0.2) is 15.7 Å². The van der Waals surface area contributed by atoms with E-state index >= 15 is 0 Å².